The Morgan fingerprint density at radius 2 is 2.07 bits per heavy atom. The average Bonchev–Trinajstić information content (AvgIpc) is 3.04. The van der Waals surface area contributed by atoms with Crippen LogP contribution in [-0.4, -0.2) is 51.8 Å². The van der Waals surface area contributed by atoms with Crippen molar-refractivity contribution >= 4 is 17.6 Å². The van der Waals surface area contributed by atoms with Crippen molar-refractivity contribution in [3.05, 3.63) is 48.4 Å². The highest BCUT2D eigenvalue weighted by Crippen LogP contribution is 2.23. The van der Waals surface area contributed by atoms with Gasteiger partial charge >= 0.3 is 6.09 Å². The molecule has 0 bridgehead atoms. The summed E-state index contributed by atoms with van der Waals surface area (Å²) in [6.45, 7) is 4.56. The van der Waals surface area contributed by atoms with Crippen LogP contribution in [0, 0.1) is 5.82 Å². The first-order valence-electron chi connectivity index (χ1n) is 8.71. The van der Waals surface area contributed by atoms with E-state index in [-0.39, 0.29) is 18.0 Å². The Balaban J connectivity index is 1.71. The fourth-order valence-electron chi connectivity index (χ4n) is 2.55. The van der Waals surface area contributed by atoms with Gasteiger partial charge in [0, 0.05) is 25.7 Å². The lowest BCUT2D eigenvalue weighted by Gasteiger charge is -2.19. The van der Waals surface area contributed by atoms with Gasteiger partial charge in [0.25, 0.3) is 0 Å². The summed E-state index contributed by atoms with van der Waals surface area (Å²) in [5.41, 5.74) is 1.63. The highest BCUT2D eigenvalue weighted by atomic mass is 19.1. The first-order valence-corrected chi connectivity index (χ1v) is 8.71. The lowest BCUT2D eigenvalue weighted by molar-refractivity contribution is 0.0851. The number of carbonyl (C=O) groups excluding carboxylic acids is 1. The molecular weight excluding hydrogens is 349 g/mol. The number of aromatic nitrogens is 3. The van der Waals surface area contributed by atoms with Crippen LogP contribution in [0.3, 0.4) is 0 Å². The van der Waals surface area contributed by atoms with Gasteiger partial charge in [0.05, 0.1) is 18.0 Å². The minimum absolute atomic E-state index is 0.157. The molecule has 0 unspecified atom stereocenters. The molecule has 1 amide bonds. The number of nitrogens with zero attached hydrogens (tertiary/aromatic N) is 4. The van der Waals surface area contributed by atoms with E-state index in [2.05, 4.69) is 15.4 Å². The molecule has 2 heterocycles. The molecule has 1 N–H and O–H groups in total. The molecule has 0 aliphatic rings. The van der Waals surface area contributed by atoms with Crippen LogP contribution >= 0.6 is 0 Å². The molecule has 8 heteroatoms. The molecule has 2 aromatic heterocycles. The predicted molar refractivity (Wildman–Crippen MR) is 101 cm³/mol. The van der Waals surface area contributed by atoms with Crippen LogP contribution in [0.15, 0.2) is 42.6 Å². The summed E-state index contributed by atoms with van der Waals surface area (Å²) in [7, 11) is 1.68. The zero-order chi connectivity index (χ0) is 19.4. The van der Waals surface area contributed by atoms with Gasteiger partial charge in [0.1, 0.15) is 11.6 Å². The van der Waals surface area contributed by atoms with E-state index in [0.29, 0.717) is 35.8 Å². The largest absolute Gasteiger partial charge is 0.447 e. The molecule has 0 radical (unpaired) electrons. The van der Waals surface area contributed by atoms with Gasteiger partial charge in [0.2, 0.25) is 0 Å². The highest BCUT2D eigenvalue weighted by Gasteiger charge is 2.13. The molecule has 3 aromatic rings. The van der Waals surface area contributed by atoms with E-state index >= 15 is 0 Å². The zero-order valence-electron chi connectivity index (χ0n) is 15.5. The molecule has 3 rings (SSSR count). The van der Waals surface area contributed by atoms with Crippen molar-refractivity contribution < 1.29 is 13.9 Å². The fraction of sp³-hybridized carbons (Fsp3) is 0.316. The van der Waals surface area contributed by atoms with Crippen molar-refractivity contribution in [1.82, 2.24) is 19.5 Å². The summed E-state index contributed by atoms with van der Waals surface area (Å²) in [6.07, 6.45) is 1.07. The first kappa shape index (κ1) is 18.6. The minimum atomic E-state index is -0.369. The van der Waals surface area contributed by atoms with Crippen LogP contribution < -0.4 is 5.32 Å². The minimum Gasteiger partial charge on any atom is -0.447 e. The maximum atomic E-state index is 14.1. The van der Waals surface area contributed by atoms with Gasteiger partial charge in [-0.05, 0) is 38.1 Å². The number of fused-ring (bicyclic) bond motifs is 1. The second kappa shape index (κ2) is 8.03. The number of hydrogen-bond donors (Lipinski definition) is 1. The number of benzene rings is 1. The normalized spacial score (nSPS) is 11.0. The summed E-state index contributed by atoms with van der Waals surface area (Å²) in [4.78, 5) is 17.5. The van der Waals surface area contributed by atoms with E-state index in [1.54, 1.807) is 61.9 Å². The van der Waals surface area contributed by atoms with E-state index in [9.17, 15) is 9.18 Å². The lowest BCUT2D eigenvalue weighted by Crippen LogP contribution is -2.33. The third-order valence-electron chi connectivity index (χ3n) is 3.91. The molecule has 0 fully saturated rings. The van der Waals surface area contributed by atoms with Crippen LogP contribution in [0.5, 0.6) is 0 Å². The molecule has 142 valence electrons. The van der Waals surface area contributed by atoms with E-state index < -0.39 is 0 Å². The first-order chi connectivity index (χ1) is 13.0. The Bertz CT molecular complexity index is 941. The van der Waals surface area contributed by atoms with E-state index in [1.165, 1.54) is 11.0 Å². The maximum absolute atomic E-state index is 14.1. The number of nitrogens with one attached hydrogen (secondary N) is 1. The molecule has 7 nitrogen and oxygen atoms in total. The summed E-state index contributed by atoms with van der Waals surface area (Å²) >= 11 is 0. The summed E-state index contributed by atoms with van der Waals surface area (Å²) in [6, 6.07) is 10.1. The van der Waals surface area contributed by atoms with Gasteiger partial charge in [-0.15, -0.1) is 5.10 Å². The molecule has 27 heavy (non-hydrogen) atoms. The molecule has 0 spiro atoms. The highest BCUT2D eigenvalue weighted by molar-refractivity contribution is 5.67. The van der Waals surface area contributed by atoms with Crippen LogP contribution in [0.1, 0.15) is 13.8 Å². The van der Waals surface area contributed by atoms with Gasteiger partial charge in [-0.3, -0.25) is 0 Å². The van der Waals surface area contributed by atoms with Crippen molar-refractivity contribution in [1.29, 1.82) is 0 Å². The van der Waals surface area contributed by atoms with E-state index in [4.69, 9.17) is 4.74 Å². The third kappa shape index (κ3) is 4.33. The fourth-order valence-corrected chi connectivity index (χ4v) is 2.55. The topological polar surface area (TPSA) is 71.8 Å². The quantitative estimate of drug-likeness (QED) is 0.719. The van der Waals surface area contributed by atoms with Gasteiger partial charge < -0.3 is 15.0 Å². The molecule has 1 aromatic carbocycles. The molecule has 0 saturated carbocycles. The van der Waals surface area contributed by atoms with Gasteiger partial charge in [-0.2, -0.15) is 0 Å². The van der Waals surface area contributed by atoms with Crippen LogP contribution in [-0.2, 0) is 4.74 Å². The van der Waals surface area contributed by atoms with Gasteiger partial charge in [-0.25, -0.2) is 18.7 Å². The van der Waals surface area contributed by atoms with Gasteiger partial charge in [-0.1, -0.05) is 12.1 Å². The number of likely N-dealkylation sites (N-methyl/N-ethyl adjacent to an activating group) is 1. The Morgan fingerprint density at radius 3 is 2.81 bits per heavy atom. The zero-order valence-corrected chi connectivity index (χ0v) is 15.5. The Kier molecular flexibility index (Phi) is 5.54. The van der Waals surface area contributed by atoms with Crippen molar-refractivity contribution in [3.8, 4) is 11.3 Å². The Labute approximate surface area is 156 Å². The number of anilines is 1. The molecule has 0 atom stereocenters. The van der Waals surface area contributed by atoms with Crippen molar-refractivity contribution in [2.45, 2.75) is 20.0 Å². The monoisotopic (exact) mass is 371 g/mol. The molecule has 0 saturated heterocycles. The predicted octanol–water partition coefficient (Wildman–Crippen LogP) is 3.42. The number of rotatable bonds is 6. The summed E-state index contributed by atoms with van der Waals surface area (Å²) < 4.78 is 20.8. The van der Waals surface area contributed by atoms with Crippen molar-refractivity contribution in [3.63, 3.8) is 0 Å². The van der Waals surface area contributed by atoms with Crippen molar-refractivity contribution in [2.75, 3.05) is 25.5 Å². The molecule has 0 aliphatic heterocycles. The van der Waals surface area contributed by atoms with Gasteiger partial charge in [0.15, 0.2) is 5.65 Å². The Hall–Kier alpha value is -3.16. The number of hydrogen-bond acceptors (Lipinski definition) is 5. The standard InChI is InChI=1S/C19H22FN5O2/c1-13(2)27-19(26)24(3)11-10-21-17-8-9-18-22-12-16(25(18)23-17)14-6-4-5-7-15(14)20/h4-9,12-13H,10-11H2,1-3H3,(H,21,23). The number of ether oxygens (including phenoxy) is 1. The van der Waals surface area contributed by atoms with Crippen LogP contribution in [0.2, 0.25) is 0 Å². The number of carbonyl (C=O) groups is 1. The molecule has 0 aliphatic carbocycles. The summed E-state index contributed by atoms with van der Waals surface area (Å²) in [5.74, 6) is 0.272. The second-order valence-electron chi connectivity index (χ2n) is 6.39. The Morgan fingerprint density at radius 1 is 1.30 bits per heavy atom. The number of amides is 1. The number of halogens is 1. The summed E-state index contributed by atoms with van der Waals surface area (Å²) in [5, 5.41) is 7.64. The smallest absolute Gasteiger partial charge is 0.409 e. The van der Waals surface area contributed by atoms with Crippen LogP contribution in [0.4, 0.5) is 15.0 Å². The molecular formula is C19H22FN5O2. The average molecular weight is 371 g/mol. The second-order valence-corrected chi connectivity index (χ2v) is 6.39. The third-order valence-corrected chi connectivity index (χ3v) is 3.91. The lowest BCUT2D eigenvalue weighted by atomic mass is 10.1. The van der Waals surface area contributed by atoms with Crippen LogP contribution in [0.25, 0.3) is 16.9 Å². The van der Waals surface area contributed by atoms with Crippen molar-refractivity contribution in [2.24, 2.45) is 0 Å². The van der Waals surface area contributed by atoms with E-state index in [1.807, 2.05) is 0 Å². The number of imidazole rings is 1. The SMILES string of the molecule is CC(C)OC(=O)N(C)CCNc1ccc2ncc(-c3ccccc3F)n2n1. The maximum Gasteiger partial charge on any atom is 0.409 e. The van der Waals surface area contributed by atoms with E-state index in [0.717, 1.165) is 0 Å².